The number of Topliss-reactive ketones (excluding diaryl/α,β-unsaturated/α-hetero) is 2. The predicted molar refractivity (Wildman–Crippen MR) is 148 cm³/mol. The molecular formula is C28H36N4O9. The summed E-state index contributed by atoms with van der Waals surface area (Å²) in [6.45, 7) is 3.83. The van der Waals surface area contributed by atoms with Gasteiger partial charge in [0.05, 0.1) is 23.9 Å². The second kappa shape index (κ2) is 10.4. The Morgan fingerprint density at radius 3 is 2.34 bits per heavy atom. The number of nitrogens with one attached hydrogen (secondary N) is 1. The van der Waals surface area contributed by atoms with Crippen LogP contribution in [0.4, 0.5) is 16.2 Å². The van der Waals surface area contributed by atoms with E-state index in [0.29, 0.717) is 11.3 Å². The van der Waals surface area contributed by atoms with Crippen molar-refractivity contribution in [2.75, 3.05) is 45.0 Å². The first kappa shape index (κ1) is 29.9. The molecule has 0 unspecified atom stereocenters. The van der Waals surface area contributed by atoms with Crippen LogP contribution in [0.1, 0.15) is 36.2 Å². The molecule has 0 heterocycles. The summed E-state index contributed by atoms with van der Waals surface area (Å²) in [5.74, 6) is -7.39. The zero-order chi connectivity index (χ0) is 30.7. The molecule has 0 bridgehead atoms. The summed E-state index contributed by atoms with van der Waals surface area (Å²) < 4.78 is 5.14. The van der Waals surface area contributed by atoms with Gasteiger partial charge < -0.3 is 35.8 Å². The summed E-state index contributed by atoms with van der Waals surface area (Å²) in [4.78, 5) is 55.1. The molecule has 0 aromatic heterocycles. The van der Waals surface area contributed by atoms with Crippen LogP contribution in [0.2, 0.25) is 0 Å². The molecule has 0 fully saturated rings. The number of carbonyl (C=O) groups excluding carboxylic acids is 4. The van der Waals surface area contributed by atoms with E-state index < -0.39 is 69.9 Å². The summed E-state index contributed by atoms with van der Waals surface area (Å²) in [5.41, 5.74) is 2.09. The molecule has 4 atom stereocenters. The van der Waals surface area contributed by atoms with Gasteiger partial charge in [0, 0.05) is 31.3 Å². The fraction of sp³-hybridized carbons (Fsp3) is 0.500. The number of hydrogen-bond acceptors (Lipinski definition) is 11. The Morgan fingerprint density at radius 2 is 1.80 bits per heavy atom. The van der Waals surface area contributed by atoms with Crippen molar-refractivity contribution in [2.24, 2.45) is 23.5 Å². The van der Waals surface area contributed by atoms with Gasteiger partial charge in [-0.05, 0) is 50.4 Å². The Morgan fingerprint density at radius 1 is 1.17 bits per heavy atom. The number of likely N-dealkylation sites (N-methyl/N-ethyl adjacent to an activating group) is 1. The van der Waals surface area contributed by atoms with Crippen molar-refractivity contribution in [1.82, 2.24) is 4.90 Å². The lowest BCUT2D eigenvalue weighted by Gasteiger charge is -2.50. The lowest BCUT2D eigenvalue weighted by atomic mass is 9.58. The van der Waals surface area contributed by atoms with Crippen LogP contribution >= 0.6 is 0 Å². The Labute approximate surface area is 236 Å². The number of anilines is 2. The zero-order valence-electron chi connectivity index (χ0n) is 23.8. The van der Waals surface area contributed by atoms with E-state index in [1.807, 2.05) is 13.8 Å². The van der Waals surface area contributed by atoms with Gasteiger partial charge in [0.15, 0.2) is 17.1 Å². The Hall–Kier alpha value is -4.10. The number of aromatic hydroxyl groups is 1. The van der Waals surface area contributed by atoms with Gasteiger partial charge in [-0.3, -0.25) is 24.6 Å². The minimum absolute atomic E-state index is 0.0269. The number of carbonyl (C=O) groups is 4. The van der Waals surface area contributed by atoms with E-state index in [1.54, 1.807) is 33.1 Å². The highest BCUT2D eigenvalue weighted by atomic mass is 16.5. The molecule has 1 aromatic carbocycles. The number of phenolic OH excluding ortho intramolecular Hbond substituents is 1. The molecule has 0 saturated heterocycles. The first-order valence-electron chi connectivity index (χ1n) is 13.2. The molecular weight excluding hydrogens is 536 g/mol. The molecule has 4 rings (SSSR count). The average molecular weight is 573 g/mol. The average Bonchev–Trinajstić information content (AvgIpc) is 2.85. The number of hydrogen-bond donors (Lipinski definition) is 6. The molecule has 0 aliphatic heterocycles. The van der Waals surface area contributed by atoms with E-state index in [2.05, 4.69) is 5.32 Å². The summed E-state index contributed by atoms with van der Waals surface area (Å²) in [7, 11) is 6.57. The van der Waals surface area contributed by atoms with Gasteiger partial charge in [-0.1, -0.05) is 13.8 Å². The van der Waals surface area contributed by atoms with Crippen LogP contribution < -0.4 is 16.0 Å². The second-order valence-electron chi connectivity index (χ2n) is 11.6. The van der Waals surface area contributed by atoms with Crippen LogP contribution in [0, 0.1) is 17.8 Å². The lowest BCUT2D eigenvalue weighted by molar-refractivity contribution is -0.148. The minimum Gasteiger partial charge on any atom is -0.510 e. The molecule has 0 radical (unpaired) electrons. The van der Waals surface area contributed by atoms with Crippen molar-refractivity contribution < 1.29 is 44.3 Å². The van der Waals surface area contributed by atoms with Crippen LogP contribution in [0.15, 0.2) is 28.7 Å². The highest BCUT2D eigenvalue weighted by Gasteiger charge is 2.63. The number of benzene rings is 1. The van der Waals surface area contributed by atoms with Crippen LogP contribution in [-0.4, -0.2) is 95.3 Å². The van der Waals surface area contributed by atoms with Gasteiger partial charge in [0.25, 0.3) is 5.91 Å². The maximum absolute atomic E-state index is 14.0. The van der Waals surface area contributed by atoms with Crippen molar-refractivity contribution in [3.05, 3.63) is 39.9 Å². The Balaban J connectivity index is 1.89. The molecule has 0 saturated carbocycles. The van der Waals surface area contributed by atoms with E-state index in [0.717, 1.165) is 0 Å². The van der Waals surface area contributed by atoms with Crippen molar-refractivity contribution >= 4 is 34.9 Å². The number of rotatable bonds is 6. The zero-order valence-corrected chi connectivity index (χ0v) is 23.8. The quantitative estimate of drug-likeness (QED) is 0.212. The van der Waals surface area contributed by atoms with Gasteiger partial charge in [0.1, 0.15) is 17.1 Å². The normalized spacial score (nSPS) is 25.6. The Bertz CT molecular complexity index is 1410. The smallest absolute Gasteiger partial charge is 0.411 e. The van der Waals surface area contributed by atoms with Crippen molar-refractivity contribution in [3.8, 4) is 5.75 Å². The number of amides is 2. The molecule has 7 N–H and O–H groups in total. The topological polar surface area (TPSA) is 203 Å². The van der Waals surface area contributed by atoms with Gasteiger partial charge in [-0.15, -0.1) is 0 Å². The third kappa shape index (κ3) is 4.58. The molecule has 0 spiro atoms. The van der Waals surface area contributed by atoms with Gasteiger partial charge in [-0.25, -0.2) is 4.79 Å². The number of nitrogens with zero attached hydrogens (tertiary/aromatic N) is 2. The third-order valence-electron chi connectivity index (χ3n) is 7.97. The van der Waals surface area contributed by atoms with Crippen molar-refractivity contribution in [2.45, 2.75) is 38.3 Å². The van der Waals surface area contributed by atoms with Gasteiger partial charge in [-0.2, -0.15) is 0 Å². The molecule has 3 aliphatic rings. The number of fused-ring (bicyclic) bond motifs is 3. The highest BCUT2D eigenvalue weighted by molar-refractivity contribution is 6.25. The fourth-order valence-electron chi connectivity index (χ4n) is 6.18. The van der Waals surface area contributed by atoms with Gasteiger partial charge in [0.2, 0.25) is 5.78 Å². The standard InChI is InChI=1S/C28H36N4O9/c1-11(2)10-41-27(39)30-15-9-16(31(3)4)13-7-12-8-14-20(32(5)6)23(35)19(26(29)38)25(37)28(14,40)24(36)17(12)22(34)18(13)21(15)33/h9,11-12,14,20,33,35-36,40H,7-8,10H2,1-6H3,(H2,29,38)(H,30,39)/t12-,14-,20+,28-/m0/s1. The fourth-order valence-corrected chi connectivity index (χ4v) is 6.18. The van der Waals surface area contributed by atoms with E-state index in [-0.39, 0.29) is 42.2 Å². The number of allylic oxidation sites excluding steroid dienone is 1. The number of ether oxygens (including phenoxy) is 1. The number of primary amides is 1. The number of ketones is 2. The molecule has 3 aliphatic carbocycles. The van der Waals surface area contributed by atoms with E-state index in [1.165, 1.54) is 11.0 Å². The molecule has 13 heteroatoms. The van der Waals surface area contributed by atoms with Crippen molar-refractivity contribution in [3.63, 3.8) is 0 Å². The van der Waals surface area contributed by atoms with Crippen LogP contribution in [0.3, 0.4) is 0 Å². The van der Waals surface area contributed by atoms with E-state index in [4.69, 9.17) is 10.5 Å². The summed E-state index contributed by atoms with van der Waals surface area (Å²) >= 11 is 0. The van der Waals surface area contributed by atoms with Crippen LogP contribution in [0.5, 0.6) is 5.75 Å². The maximum atomic E-state index is 14.0. The minimum atomic E-state index is -2.74. The highest BCUT2D eigenvalue weighted by Crippen LogP contribution is 2.53. The van der Waals surface area contributed by atoms with Crippen molar-refractivity contribution in [1.29, 1.82) is 0 Å². The van der Waals surface area contributed by atoms with E-state index >= 15 is 0 Å². The monoisotopic (exact) mass is 572 g/mol. The first-order valence-corrected chi connectivity index (χ1v) is 13.2. The van der Waals surface area contributed by atoms with Gasteiger partial charge >= 0.3 is 6.09 Å². The van der Waals surface area contributed by atoms with E-state index in [9.17, 15) is 39.6 Å². The Kier molecular flexibility index (Phi) is 7.56. The predicted octanol–water partition coefficient (Wildman–Crippen LogP) is 1.39. The summed E-state index contributed by atoms with van der Waals surface area (Å²) in [6, 6.07) is 0.428. The second-order valence-corrected chi connectivity index (χ2v) is 11.6. The lowest BCUT2D eigenvalue weighted by Crippen LogP contribution is -2.63. The van der Waals surface area contributed by atoms with Crippen LogP contribution in [0.25, 0.3) is 0 Å². The largest absolute Gasteiger partial charge is 0.510 e. The maximum Gasteiger partial charge on any atom is 0.411 e. The molecule has 2 amide bonds. The molecule has 222 valence electrons. The number of nitrogens with two attached hydrogens (primary N) is 1. The number of aliphatic hydroxyl groups is 3. The molecule has 41 heavy (non-hydrogen) atoms. The van der Waals surface area contributed by atoms with Crippen LogP contribution in [-0.2, 0) is 20.7 Å². The third-order valence-corrected chi connectivity index (χ3v) is 7.97. The summed E-state index contributed by atoms with van der Waals surface area (Å²) in [6.07, 6.45) is -0.751. The first-order chi connectivity index (χ1) is 19.0. The molecule has 13 nitrogen and oxygen atoms in total. The SMILES string of the molecule is CC(C)COC(=O)Nc1cc(N(C)C)c2c(c1O)C(=O)C1=C(O)[C@]3(O)C(=O)C(C(N)=O)=C(O)[C@H](N(C)C)[C@@H]3C[C@@H]1C2. The summed E-state index contributed by atoms with van der Waals surface area (Å²) in [5, 5.41) is 47.7. The number of phenols is 1. The number of aliphatic hydroxyl groups excluding tert-OH is 2. The molecule has 1 aromatic rings.